The Morgan fingerprint density at radius 2 is 1.62 bits per heavy atom. The van der Waals surface area contributed by atoms with Crippen molar-refractivity contribution in [2.45, 2.75) is 5.60 Å². The van der Waals surface area contributed by atoms with Crippen molar-refractivity contribution in [1.29, 1.82) is 0 Å². The lowest BCUT2D eigenvalue weighted by atomic mass is 9.77. The third-order valence-corrected chi connectivity index (χ3v) is 6.75. The molecule has 1 atom stereocenters. The van der Waals surface area contributed by atoms with Crippen LogP contribution in [0.2, 0.25) is 20.1 Å². The van der Waals surface area contributed by atoms with Crippen molar-refractivity contribution < 1.29 is 34.0 Å². The molecule has 5 rings (SSSR count). The molecule has 0 radical (unpaired) electrons. The van der Waals surface area contributed by atoms with Crippen molar-refractivity contribution in [2.75, 3.05) is 0 Å². The molecule has 1 unspecified atom stereocenters. The number of phenolic OH excluding ortho intramolecular Hbond substituents is 1. The molecule has 3 aromatic rings. The number of aromatic hydroxyl groups is 1. The first-order valence-corrected chi connectivity index (χ1v) is 10.3. The Morgan fingerprint density at radius 1 is 0.906 bits per heavy atom. The van der Waals surface area contributed by atoms with Crippen LogP contribution in [0.1, 0.15) is 27.0 Å². The number of esters is 1. The molecule has 7 nitrogen and oxygen atoms in total. The Hall–Kier alpha value is -2.84. The minimum Gasteiger partial charge on any atom is -0.506 e. The Labute approximate surface area is 199 Å². The lowest BCUT2D eigenvalue weighted by Gasteiger charge is -2.38. The topological polar surface area (TPSA) is 102 Å². The van der Waals surface area contributed by atoms with Crippen LogP contribution in [0.15, 0.2) is 36.4 Å². The Balaban J connectivity index is 1.96. The van der Waals surface area contributed by atoms with Crippen LogP contribution < -0.4 is 9.47 Å². The zero-order valence-electron chi connectivity index (χ0n) is 15.4. The van der Waals surface area contributed by atoms with E-state index in [0.717, 1.165) is 0 Å². The van der Waals surface area contributed by atoms with Gasteiger partial charge in [-0.1, -0.05) is 64.6 Å². The minimum atomic E-state index is -1.69. The van der Waals surface area contributed by atoms with Gasteiger partial charge in [0.1, 0.15) is 20.8 Å². The number of halogens is 4. The van der Waals surface area contributed by atoms with Gasteiger partial charge in [-0.05, 0) is 18.2 Å². The van der Waals surface area contributed by atoms with Crippen LogP contribution >= 0.6 is 46.4 Å². The van der Waals surface area contributed by atoms with E-state index in [1.807, 2.05) is 0 Å². The summed E-state index contributed by atoms with van der Waals surface area (Å²) in [6.07, 6.45) is -1.69. The molecule has 1 spiro atoms. The second-order valence-electron chi connectivity index (χ2n) is 6.84. The van der Waals surface area contributed by atoms with Crippen LogP contribution in [0, 0.1) is 0 Å². The Morgan fingerprint density at radius 3 is 2.34 bits per heavy atom. The zero-order chi connectivity index (χ0) is 22.9. The zero-order valence-corrected chi connectivity index (χ0v) is 18.4. The maximum atomic E-state index is 12.8. The van der Waals surface area contributed by atoms with Crippen molar-refractivity contribution in [1.82, 2.24) is 0 Å². The molecule has 162 valence electrons. The maximum Gasteiger partial charge on any atom is 0.511 e. The third kappa shape index (κ3) is 2.62. The molecule has 0 aliphatic carbocycles. The summed E-state index contributed by atoms with van der Waals surface area (Å²) >= 11 is 25.6. The molecule has 0 saturated carbocycles. The van der Waals surface area contributed by atoms with Gasteiger partial charge in [0.2, 0.25) is 0 Å². The van der Waals surface area contributed by atoms with Crippen molar-refractivity contribution >= 4 is 58.5 Å². The van der Waals surface area contributed by atoms with Crippen LogP contribution in [0.5, 0.6) is 23.0 Å². The van der Waals surface area contributed by atoms with Gasteiger partial charge >= 0.3 is 12.1 Å². The van der Waals surface area contributed by atoms with Crippen LogP contribution in [0.4, 0.5) is 4.79 Å². The molecule has 2 aliphatic heterocycles. The summed E-state index contributed by atoms with van der Waals surface area (Å²) in [5.74, 6) is -1.69. The van der Waals surface area contributed by atoms with Gasteiger partial charge in [0.05, 0.1) is 16.1 Å². The summed E-state index contributed by atoms with van der Waals surface area (Å²) in [4.78, 5) is 24.0. The van der Waals surface area contributed by atoms with E-state index in [1.54, 1.807) is 24.3 Å². The first kappa shape index (κ1) is 21.0. The number of carbonyl (C=O) groups is 2. The van der Waals surface area contributed by atoms with Gasteiger partial charge in [-0.15, -0.1) is 0 Å². The standard InChI is InChI=1S/C21H8Cl4O7/c22-12-10(26)6-5-9-16(12)30-17-11(13(23)14(24)18(15(17)25)31-20(28)29)21(9)8-4-2-1-3-7(8)19(27)32-21/h1-6,26H,(H,28,29). The number of benzene rings is 3. The van der Waals surface area contributed by atoms with Crippen molar-refractivity contribution in [2.24, 2.45) is 0 Å². The van der Waals surface area contributed by atoms with E-state index in [0.29, 0.717) is 5.56 Å². The number of ether oxygens (including phenoxy) is 3. The molecule has 32 heavy (non-hydrogen) atoms. The first-order valence-electron chi connectivity index (χ1n) is 8.82. The van der Waals surface area contributed by atoms with Gasteiger partial charge in [0.15, 0.2) is 22.8 Å². The second kappa shape index (κ2) is 7.08. The van der Waals surface area contributed by atoms with Gasteiger partial charge in [-0.3, -0.25) is 0 Å². The highest BCUT2D eigenvalue weighted by Gasteiger charge is 2.56. The molecule has 0 saturated heterocycles. The summed E-state index contributed by atoms with van der Waals surface area (Å²) in [5, 5.41) is 18.2. The lowest BCUT2D eigenvalue weighted by Crippen LogP contribution is -2.34. The molecule has 3 aromatic carbocycles. The second-order valence-corrected chi connectivity index (χ2v) is 8.35. The van der Waals surface area contributed by atoms with Gasteiger partial charge in [-0.2, -0.15) is 0 Å². The fraction of sp³-hybridized carbons (Fsp3) is 0.0476. The molecule has 11 heteroatoms. The smallest absolute Gasteiger partial charge is 0.506 e. The number of hydrogen-bond donors (Lipinski definition) is 2. The van der Waals surface area contributed by atoms with Crippen LogP contribution in [0.25, 0.3) is 0 Å². The monoisotopic (exact) mass is 512 g/mol. The molecule has 2 aliphatic rings. The lowest BCUT2D eigenvalue weighted by molar-refractivity contribution is 0.0224. The van der Waals surface area contributed by atoms with E-state index in [2.05, 4.69) is 0 Å². The summed E-state index contributed by atoms with van der Waals surface area (Å²) in [7, 11) is 0. The molecule has 0 amide bonds. The number of carboxylic acid groups (broad SMARTS) is 1. The number of carbonyl (C=O) groups excluding carboxylic acids is 1. The van der Waals surface area contributed by atoms with Crippen LogP contribution in [0.3, 0.4) is 0 Å². The largest absolute Gasteiger partial charge is 0.511 e. The summed E-state index contributed by atoms with van der Waals surface area (Å²) in [6, 6.07) is 9.36. The van der Waals surface area contributed by atoms with E-state index in [-0.39, 0.29) is 54.0 Å². The van der Waals surface area contributed by atoms with Gasteiger partial charge in [0, 0.05) is 11.1 Å². The van der Waals surface area contributed by atoms with Gasteiger partial charge in [0.25, 0.3) is 0 Å². The highest BCUT2D eigenvalue weighted by atomic mass is 35.5. The number of rotatable bonds is 1. The van der Waals surface area contributed by atoms with E-state index in [4.69, 9.17) is 65.7 Å². The molecule has 0 fully saturated rings. The van der Waals surface area contributed by atoms with Crippen molar-refractivity contribution in [3.8, 4) is 23.0 Å². The summed E-state index contributed by atoms with van der Waals surface area (Å²) < 4.78 is 16.5. The minimum absolute atomic E-state index is 0.0551. The van der Waals surface area contributed by atoms with E-state index in [9.17, 15) is 14.7 Å². The van der Waals surface area contributed by atoms with Gasteiger partial charge in [-0.25, -0.2) is 9.59 Å². The fourth-order valence-corrected chi connectivity index (χ4v) is 5.02. The molecular weight excluding hydrogens is 506 g/mol. The molecule has 2 heterocycles. The maximum absolute atomic E-state index is 12.8. The predicted molar refractivity (Wildman–Crippen MR) is 115 cm³/mol. The highest BCUT2D eigenvalue weighted by Crippen LogP contribution is 2.64. The van der Waals surface area contributed by atoms with E-state index < -0.39 is 23.5 Å². The molecule has 2 N–H and O–H groups in total. The SMILES string of the molecule is O=C(O)Oc1c(Cl)c(Cl)c2c(c1Cl)Oc1c(ccc(O)c1Cl)C21OC(=O)c2ccccc21. The Bertz CT molecular complexity index is 1370. The van der Waals surface area contributed by atoms with Gasteiger partial charge < -0.3 is 24.4 Å². The fourth-order valence-electron chi connectivity index (χ4n) is 3.97. The van der Waals surface area contributed by atoms with Crippen molar-refractivity contribution in [3.05, 3.63) is 78.7 Å². The Kier molecular flexibility index (Phi) is 4.65. The number of phenols is 1. The summed E-state index contributed by atoms with van der Waals surface area (Å²) in [5.41, 5.74) is -0.727. The van der Waals surface area contributed by atoms with Crippen LogP contribution in [-0.2, 0) is 10.3 Å². The van der Waals surface area contributed by atoms with Crippen molar-refractivity contribution in [3.63, 3.8) is 0 Å². The number of fused-ring (bicyclic) bond motifs is 6. The average molecular weight is 514 g/mol. The normalized spacial score (nSPS) is 17.8. The quantitative estimate of drug-likeness (QED) is 0.214. The first-order chi connectivity index (χ1) is 15.2. The van der Waals surface area contributed by atoms with E-state index in [1.165, 1.54) is 12.1 Å². The highest BCUT2D eigenvalue weighted by molar-refractivity contribution is 6.46. The van der Waals surface area contributed by atoms with E-state index >= 15 is 0 Å². The third-order valence-electron chi connectivity index (χ3n) is 5.21. The molecule has 0 bridgehead atoms. The predicted octanol–water partition coefficient (Wildman–Crippen LogP) is 6.63. The molecule has 0 aromatic heterocycles. The van der Waals surface area contributed by atoms with Crippen LogP contribution in [-0.4, -0.2) is 22.3 Å². The average Bonchev–Trinajstić information content (AvgIpc) is 3.05. The number of hydrogen-bond acceptors (Lipinski definition) is 6. The molecular formula is C21H8Cl4O7. The summed E-state index contributed by atoms with van der Waals surface area (Å²) in [6.45, 7) is 0.